The fraction of sp³-hybridized carbons (Fsp3) is 0.533. The van der Waals surface area contributed by atoms with Gasteiger partial charge in [-0.3, -0.25) is 4.99 Å². The molecule has 0 radical (unpaired) electrons. The van der Waals surface area contributed by atoms with Crippen molar-refractivity contribution in [1.29, 1.82) is 0 Å². The van der Waals surface area contributed by atoms with Crippen molar-refractivity contribution >= 4 is 17.7 Å². The molecule has 0 spiro atoms. The first-order valence-corrected chi connectivity index (χ1v) is 8.33. The maximum Gasteiger partial charge on any atom is 0.191 e. The van der Waals surface area contributed by atoms with E-state index < -0.39 is 0 Å². The summed E-state index contributed by atoms with van der Waals surface area (Å²) in [4.78, 5) is 4.19. The lowest BCUT2D eigenvalue weighted by Gasteiger charge is -2.12. The lowest BCUT2D eigenvalue weighted by molar-refractivity contribution is 0.146. The van der Waals surface area contributed by atoms with Crippen LogP contribution in [0.25, 0.3) is 0 Å². The van der Waals surface area contributed by atoms with E-state index in [1.54, 1.807) is 14.2 Å². The van der Waals surface area contributed by atoms with Crippen molar-refractivity contribution < 1.29 is 9.47 Å². The molecule has 0 atom stereocenters. The number of hydrogen-bond donors (Lipinski definition) is 2. The minimum absolute atomic E-state index is 0.570. The van der Waals surface area contributed by atoms with E-state index >= 15 is 0 Å². The lowest BCUT2D eigenvalue weighted by Crippen LogP contribution is -2.37. The molecule has 0 aliphatic heterocycles. The molecule has 6 heteroatoms. The van der Waals surface area contributed by atoms with Crippen LogP contribution in [-0.2, 0) is 11.3 Å². The number of benzene rings is 1. The Morgan fingerprint density at radius 2 is 1.95 bits per heavy atom. The Morgan fingerprint density at radius 3 is 2.57 bits per heavy atom. The van der Waals surface area contributed by atoms with Crippen LogP contribution in [0.5, 0.6) is 5.75 Å². The second-order valence-corrected chi connectivity index (χ2v) is 5.32. The maximum absolute atomic E-state index is 5.53. The smallest absolute Gasteiger partial charge is 0.191 e. The number of hydrogen-bond acceptors (Lipinski definition) is 4. The van der Waals surface area contributed by atoms with Crippen LogP contribution in [0.3, 0.4) is 0 Å². The Hall–Kier alpha value is -1.40. The molecule has 0 unspecified atom stereocenters. The van der Waals surface area contributed by atoms with Crippen molar-refractivity contribution in [3.63, 3.8) is 0 Å². The van der Waals surface area contributed by atoms with E-state index in [-0.39, 0.29) is 0 Å². The quantitative estimate of drug-likeness (QED) is 0.413. The zero-order chi connectivity index (χ0) is 15.3. The summed E-state index contributed by atoms with van der Waals surface area (Å²) in [5.41, 5.74) is 1.18. The molecule has 0 aromatic heterocycles. The minimum Gasteiger partial charge on any atom is -0.491 e. The van der Waals surface area contributed by atoms with E-state index in [1.807, 2.05) is 36.0 Å². The summed E-state index contributed by atoms with van der Waals surface area (Å²) in [5.74, 6) is 2.75. The van der Waals surface area contributed by atoms with Crippen molar-refractivity contribution in [1.82, 2.24) is 10.6 Å². The Kier molecular flexibility index (Phi) is 9.48. The van der Waals surface area contributed by atoms with Gasteiger partial charge in [0, 0.05) is 33.0 Å². The third kappa shape index (κ3) is 7.82. The molecule has 0 fully saturated rings. The summed E-state index contributed by atoms with van der Waals surface area (Å²) in [7, 11) is 3.44. The second kappa shape index (κ2) is 11.3. The molecule has 1 aromatic carbocycles. The third-order valence-electron chi connectivity index (χ3n) is 2.76. The van der Waals surface area contributed by atoms with Crippen LogP contribution in [0, 0.1) is 0 Å². The van der Waals surface area contributed by atoms with Gasteiger partial charge in [0.05, 0.1) is 6.61 Å². The van der Waals surface area contributed by atoms with Crippen molar-refractivity contribution in [3.8, 4) is 5.75 Å². The van der Waals surface area contributed by atoms with Gasteiger partial charge >= 0.3 is 0 Å². The molecule has 0 amide bonds. The van der Waals surface area contributed by atoms with Crippen molar-refractivity contribution in [3.05, 3.63) is 29.8 Å². The first-order chi connectivity index (χ1) is 10.3. The van der Waals surface area contributed by atoms with Crippen LogP contribution in [0.2, 0.25) is 0 Å². The van der Waals surface area contributed by atoms with E-state index in [2.05, 4.69) is 21.9 Å². The van der Waals surface area contributed by atoms with Crippen LogP contribution in [-0.4, -0.2) is 51.9 Å². The molecule has 2 N–H and O–H groups in total. The average Bonchev–Trinajstić information content (AvgIpc) is 2.52. The van der Waals surface area contributed by atoms with E-state index in [0.29, 0.717) is 13.2 Å². The zero-order valence-electron chi connectivity index (χ0n) is 13.0. The summed E-state index contributed by atoms with van der Waals surface area (Å²) in [6.07, 6.45) is 2.09. The first kappa shape index (κ1) is 17.7. The van der Waals surface area contributed by atoms with Crippen molar-refractivity contribution in [2.45, 2.75) is 6.54 Å². The second-order valence-electron chi connectivity index (χ2n) is 4.33. The fourth-order valence-electron chi connectivity index (χ4n) is 1.62. The minimum atomic E-state index is 0.570. The van der Waals surface area contributed by atoms with Gasteiger partial charge in [0.25, 0.3) is 0 Å². The Bertz CT molecular complexity index is 410. The van der Waals surface area contributed by atoms with Gasteiger partial charge in [0.15, 0.2) is 5.96 Å². The Labute approximate surface area is 131 Å². The number of thioether (sulfide) groups is 1. The van der Waals surface area contributed by atoms with Crippen LogP contribution >= 0.6 is 11.8 Å². The fourth-order valence-corrected chi connectivity index (χ4v) is 1.93. The van der Waals surface area contributed by atoms with Gasteiger partial charge in [-0.25, -0.2) is 0 Å². The van der Waals surface area contributed by atoms with Crippen LogP contribution in [0.15, 0.2) is 29.3 Å². The van der Waals surface area contributed by atoms with Crippen molar-refractivity contribution in [2.75, 3.05) is 45.9 Å². The monoisotopic (exact) mass is 311 g/mol. The van der Waals surface area contributed by atoms with Crippen LogP contribution in [0.1, 0.15) is 5.56 Å². The predicted molar refractivity (Wildman–Crippen MR) is 90.4 cm³/mol. The summed E-state index contributed by atoms with van der Waals surface area (Å²) in [6, 6.07) is 8.03. The normalized spacial score (nSPS) is 11.3. The highest BCUT2D eigenvalue weighted by molar-refractivity contribution is 7.98. The summed E-state index contributed by atoms with van der Waals surface area (Å²) < 4.78 is 10.5. The van der Waals surface area contributed by atoms with E-state index in [0.717, 1.165) is 30.6 Å². The van der Waals surface area contributed by atoms with Gasteiger partial charge in [-0.15, -0.1) is 0 Å². The Balaban J connectivity index is 2.34. The molecule has 118 valence electrons. The summed E-state index contributed by atoms with van der Waals surface area (Å²) in [5, 5.41) is 6.55. The number of aliphatic imine (C=N–C) groups is 1. The molecule has 0 saturated carbocycles. The molecule has 5 nitrogen and oxygen atoms in total. The molecule has 0 aliphatic carbocycles. The number of methoxy groups -OCH3 is 1. The lowest BCUT2D eigenvalue weighted by atomic mass is 10.2. The van der Waals surface area contributed by atoms with Crippen LogP contribution in [0.4, 0.5) is 0 Å². The third-order valence-corrected chi connectivity index (χ3v) is 3.37. The van der Waals surface area contributed by atoms with Gasteiger partial charge in [0.1, 0.15) is 12.4 Å². The van der Waals surface area contributed by atoms with Crippen molar-refractivity contribution in [2.24, 2.45) is 4.99 Å². The Morgan fingerprint density at radius 1 is 1.19 bits per heavy atom. The SMILES string of the molecule is CN=C(NCCSC)NCc1ccc(OCCOC)cc1. The molecule has 0 bridgehead atoms. The predicted octanol–water partition coefficient (Wildman–Crippen LogP) is 1.74. The number of nitrogens with one attached hydrogen (secondary N) is 2. The highest BCUT2D eigenvalue weighted by Gasteiger charge is 1.99. The van der Waals surface area contributed by atoms with E-state index in [1.165, 1.54) is 5.56 Å². The number of rotatable bonds is 9. The van der Waals surface area contributed by atoms with Gasteiger partial charge in [0.2, 0.25) is 0 Å². The van der Waals surface area contributed by atoms with Gasteiger partial charge in [-0.2, -0.15) is 11.8 Å². The van der Waals surface area contributed by atoms with Gasteiger partial charge < -0.3 is 20.1 Å². The van der Waals surface area contributed by atoms with Crippen LogP contribution < -0.4 is 15.4 Å². The van der Waals surface area contributed by atoms with E-state index in [4.69, 9.17) is 9.47 Å². The first-order valence-electron chi connectivity index (χ1n) is 6.94. The summed E-state index contributed by atoms with van der Waals surface area (Å²) in [6.45, 7) is 2.81. The number of nitrogens with zero attached hydrogens (tertiary/aromatic N) is 1. The largest absolute Gasteiger partial charge is 0.491 e. The summed E-state index contributed by atoms with van der Waals surface area (Å²) >= 11 is 1.81. The molecule has 0 saturated heterocycles. The molecule has 0 heterocycles. The zero-order valence-corrected chi connectivity index (χ0v) is 13.8. The average molecular weight is 311 g/mol. The maximum atomic E-state index is 5.53. The molecule has 1 aromatic rings. The molecule has 21 heavy (non-hydrogen) atoms. The number of guanidine groups is 1. The molecular weight excluding hydrogens is 286 g/mol. The topological polar surface area (TPSA) is 54.9 Å². The number of ether oxygens (including phenoxy) is 2. The van der Waals surface area contributed by atoms with Gasteiger partial charge in [-0.05, 0) is 24.0 Å². The molecule has 1 rings (SSSR count). The molecule has 0 aliphatic rings. The standard InChI is InChI=1S/C15H25N3O2S/c1-16-15(17-8-11-21-3)18-12-13-4-6-14(7-5-13)20-10-9-19-2/h4-7H,8-12H2,1-3H3,(H2,16,17,18). The van der Waals surface area contributed by atoms with E-state index in [9.17, 15) is 0 Å². The highest BCUT2D eigenvalue weighted by atomic mass is 32.2. The van der Waals surface area contributed by atoms with Gasteiger partial charge in [-0.1, -0.05) is 12.1 Å². The highest BCUT2D eigenvalue weighted by Crippen LogP contribution is 2.11. The molecular formula is C15H25N3O2S.